The summed E-state index contributed by atoms with van der Waals surface area (Å²) in [6, 6.07) is 75.8. The Bertz CT molecular complexity index is 3130. The number of rotatable bonds is 6. The van der Waals surface area contributed by atoms with E-state index in [2.05, 4.69) is 230 Å². The molecule has 1 aliphatic carbocycles. The first-order valence-corrected chi connectivity index (χ1v) is 19.9. The molecule has 0 saturated heterocycles. The van der Waals surface area contributed by atoms with E-state index in [9.17, 15) is 0 Å². The largest absolute Gasteiger partial charge is 0.310 e. The van der Waals surface area contributed by atoms with Gasteiger partial charge < -0.3 is 9.47 Å². The molecule has 0 N–H and O–H groups in total. The van der Waals surface area contributed by atoms with Crippen LogP contribution in [0.3, 0.4) is 0 Å². The van der Waals surface area contributed by atoms with E-state index < -0.39 is 0 Å². The molecule has 9 aromatic carbocycles. The summed E-state index contributed by atoms with van der Waals surface area (Å²) in [5.41, 5.74) is 16.9. The molecule has 0 aliphatic heterocycles. The Balaban J connectivity index is 1.23. The molecule has 11 rings (SSSR count). The molecular weight excluding hydrogens is 689 g/mol. The van der Waals surface area contributed by atoms with Gasteiger partial charge in [0.15, 0.2) is 0 Å². The molecule has 0 unspecified atom stereocenters. The molecule has 1 aliphatic rings. The summed E-state index contributed by atoms with van der Waals surface area (Å²) < 4.78 is 2.42. The van der Waals surface area contributed by atoms with Gasteiger partial charge in [0.2, 0.25) is 0 Å². The minimum atomic E-state index is -0.140. The minimum absolute atomic E-state index is 0.140. The first-order valence-electron chi connectivity index (χ1n) is 19.9. The predicted octanol–water partition coefficient (Wildman–Crippen LogP) is 15.0. The van der Waals surface area contributed by atoms with Gasteiger partial charge >= 0.3 is 0 Å². The smallest absolute Gasteiger partial charge is 0.0548 e. The van der Waals surface area contributed by atoms with Gasteiger partial charge in [-0.2, -0.15) is 0 Å². The highest BCUT2D eigenvalue weighted by Gasteiger charge is 2.36. The first-order chi connectivity index (χ1) is 28.0. The summed E-state index contributed by atoms with van der Waals surface area (Å²) in [4.78, 5) is 2.49. The Labute approximate surface area is 333 Å². The van der Waals surface area contributed by atoms with Gasteiger partial charge in [-0.15, -0.1) is 0 Å². The van der Waals surface area contributed by atoms with Crippen LogP contribution in [-0.2, 0) is 5.41 Å². The summed E-state index contributed by atoms with van der Waals surface area (Å²) >= 11 is 0. The minimum Gasteiger partial charge on any atom is -0.310 e. The Hall–Kier alpha value is -7.16. The second-order valence-electron chi connectivity index (χ2n) is 15.8. The van der Waals surface area contributed by atoms with Crippen LogP contribution in [0.5, 0.6) is 0 Å². The summed E-state index contributed by atoms with van der Waals surface area (Å²) in [6.07, 6.45) is 0. The summed E-state index contributed by atoms with van der Waals surface area (Å²) in [5.74, 6) is 0. The van der Waals surface area contributed by atoms with Gasteiger partial charge in [-0.05, 0) is 110 Å². The second kappa shape index (κ2) is 13.0. The molecule has 0 bridgehead atoms. The fourth-order valence-electron chi connectivity index (χ4n) is 9.42. The predicted molar refractivity (Wildman–Crippen MR) is 241 cm³/mol. The van der Waals surface area contributed by atoms with Gasteiger partial charge in [0.1, 0.15) is 0 Å². The van der Waals surface area contributed by atoms with Crippen molar-refractivity contribution in [3.63, 3.8) is 0 Å². The van der Waals surface area contributed by atoms with Crippen LogP contribution in [0.25, 0.3) is 71.6 Å². The van der Waals surface area contributed by atoms with E-state index in [1.165, 1.54) is 77.1 Å². The monoisotopic (exact) mass is 728 g/mol. The summed E-state index contributed by atoms with van der Waals surface area (Å²) in [7, 11) is 0. The van der Waals surface area contributed by atoms with Crippen LogP contribution in [-0.4, -0.2) is 4.57 Å². The quantitative estimate of drug-likeness (QED) is 0.165. The van der Waals surface area contributed by atoms with E-state index in [1.807, 2.05) is 0 Å². The van der Waals surface area contributed by atoms with Gasteiger partial charge in [-0.25, -0.2) is 0 Å². The molecule has 0 amide bonds. The molecule has 2 nitrogen and oxygen atoms in total. The second-order valence-corrected chi connectivity index (χ2v) is 15.8. The molecule has 1 aromatic heterocycles. The van der Waals surface area contributed by atoms with Gasteiger partial charge in [-0.3, -0.25) is 0 Å². The molecule has 0 atom stereocenters. The number of hydrogen-bond donors (Lipinski definition) is 0. The Kier molecular flexibility index (Phi) is 7.55. The van der Waals surface area contributed by atoms with Crippen molar-refractivity contribution in [2.75, 3.05) is 4.90 Å². The topological polar surface area (TPSA) is 8.17 Å². The highest BCUT2D eigenvalue weighted by Crippen LogP contribution is 2.53. The molecular formula is C55H40N2. The van der Waals surface area contributed by atoms with E-state index in [0.29, 0.717) is 0 Å². The van der Waals surface area contributed by atoms with Crippen LogP contribution in [0.4, 0.5) is 17.1 Å². The number of para-hydroxylation sites is 2. The fourth-order valence-corrected chi connectivity index (χ4v) is 9.42. The van der Waals surface area contributed by atoms with Crippen LogP contribution in [0, 0.1) is 0 Å². The van der Waals surface area contributed by atoms with E-state index in [4.69, 9.17) is 0 Å². The Morgan fingerprint density at radius 2 is 1.05 bits per heavy atom. The third kappa shape index (κ3) is 5.25. The van der Waals surface area contributed by atoms with Crippen LogP contribution in [0.1, 0.15) is 25.0 Å². The maximum Gasteiger partial charge on any atom is 0.0548 e. The van der Waals surface area contributed by atoms with Crippen molar-refractivity contribution in [1.29, 1.82) is 0 Å². The molecule has 0 spiro atoms. The average Bonchev–Trinajstić information content (AvgIpc) is 3.72. The summed E-state index contributed by atoms with van der Waals surface area (Å²) in [5, 5.41) is 4.92. The van der Waals surface area contributed by atoms with Crippen molar-refractivity contribution in [1.82, 2.24) is 4.57 Å². The Morgan fingerprint density at radius 3 is 1.88 bits per heavy atom. The Morgan fingerprint density at radius 1 is 0.421 bits per heavy atom. The zero-order valence-electron chi connectivity index (χ0n) is 32.0. The lowest BCUT2D eigenvalue weighted by Crippen LogP contribution is -2.17. The van der Waals surface area contributed by atoms with E-state index in [-0.39, 0.29) is 5.41 Å². The normalized spacial score (nSPS) is 12.9. The van der Waals surface area contributed by atoms with Crippen LogP contribution < -0.4 is 4.90 Å². The van der Waals surface area contributed by atoms with Gasteiger partial charge in [-0.1, -0.05) is 159 Å². The molecule has 0 fully saturated rings. The lowest BCUT2D eigenvalue weighted by Gasteiger charge is -2.30. The first kappa shape index (κ1) is 33.2. The van der Waals surface area contributed by atoms with Crippen LogP contribution in [0.2, 0.25) is 0 Å². The van der Waals surface area contributed by atoms with Crippen molar-refractivity contribution < 1.29 is 0 Å². The zero-order chi connectivity index (χ0) is 38.1. The van der Waals surface area contributed by atoms with Gasteiger partial charge in [0, 0.05) is 38.8 Å². The van der Waals surface area contributed by atoms with Crippen molar-refractivity contribution in [3.05, 3.63) is 217 Å². The highest BCUT2D eigenvalue weighted by molar-refractivity contribution is 6.19. The number of fused-ring (bicyclic) bond motifs is 7. The van der Waals surface area contributed by atoms with Crippen molar-refractivity contribution in [3.8, 4) is 39.1 Å². The number of aromatic nitrogens is 1. The maximum absolute atomic E-state index is 2.49. The number of anilines is 3. The number of nitrogens with zero attached hydrogens (tertiary/aromatic N) is 2. The molecule has 0 saturated carbocycles. The zero-order valence-corrected chi connectivity index (χ0v) is 32.0. The van der Waals surface area contributed by atoms with Gasteiger partial charge in [0.25, 0.3) is 0 Å². The third-order valence-corrected chi connectivity index (χ3v) is 12.2. The molecule has 0 radical (unpaired) electrons. The number of benzene rings is 9. The van der Waals surface area contributed by atoms with Crippen molar-refractivity contribution >= 4 is 49.6 Å². The van der Waals surface area contributed by atoms with Crippen LogP contribution in [0.15, 0.2) is 206 Å². The molecule has 1 heterocycles. The lowest BCUT2D eigenvalue weighted by atomic mass is 9.82. The maximum atomic E-state index is 2.49. The van der Waals surface area contributed by atoms with Crippen molar-refractivity contribution in [2.45, 2.75) is 19.3 Å². The highest BCUT2D eigenvalue weighted by atomic mass is 15.1. The van der Waals surface area contributed by atoms with Gasteiger partial charge in [0.05, 0.1) is 16.7 Å². The molecule has 2 heteroatoms. The average molecular weight is 729 g/mol. The molecule has 10 aromatic rings. The van der Waals surface area contributed by atoms with E-state index in [1.54, 1.807) is 0 Å². The lowest BCUT2D eigenvalue weighted by molar-refractivity contribution is 0.660. The van der Waals surface area contributed by atoms with E-state index >= 15 is 0 Å². The third-order valence-electron chi connectivity index (χ3n) is 12.2. The standard InChI is InChI=1S/C55H40N2/c1-55(2)48-23-13-11-21-45(48)46-32-31-44(36-49(46)55)56(43-29-27-39(28-30-43)37-15-5-3-6-16-37)51-33-34-52-54(53(51)41-26-25-38-17-9-10-18-40(38)35-41)47-22-12-14-24-50(47)57(52)42-19-7-4-8-20-42/h3-36H,1-2H3. The molecule has 57 heavy (non-hydrogen) atoms. The van der Waals surface area contributed by atoms with Crippen LogP contribution >= 0.6 is 0 Å². The van der Waals surface area contributed by atoms with Crippen molar-refractivity contribution in [2.24, 2.45) is 0 Å². The fraction of sp³-hybridized carbons (Fsp3) is 0.0545. The number of hydrogen-bond acceptors (Lipinski definition) is 1. The molecule has 270 valence electrons. The SMILES string of the molecule is CC1(C)c2ccccc2-c2ccc(N(c3ccc(-c4ccccc4)cc3)c3ccc4c(c3-c3ccc5ccccc5c3)c3ccccc3n4-c3ccccc3)cc21. The summed E-state index contributed by atoms with van der Waals surface area (Å²) in [6.45, 7) is 4.73. The van der Waals surface area contributed by atoms with E-state index in [0.717, 1.165) is 22.7 Å².